The second-order valence-corrected chi connectivity index (χ2v) is 3.27. The predicted molar refractivity (Wildman–Crippen MR) is 48.8 cm³/mol. The fraction of sp³-hybridized carbons (Fsp3) is 1.00. The number of hydrogen-bond donors (Lipinski definition) is 1. The van der Waals surface area contributed by atoms with E-state index in [-0.39, 0.29) is 0 Å². The maximum atomic E-state index is 3.33. The van der Waals surface area contributed by atoms with Crippen LogP contribution in [0.25, 0.3) is 0 Å². The lowest BCUT2D eigenvalue weighted by molar-refractivity contribution is 0.297. The third kappa shape index (κ3) is 3.73. The Bertz CT molecular complexity index is 95.7. The zero-order valence-electron chi connectivity index (χ0n) is 7.77. The summed E-state index contributed by atoms with van der Waals surface area (Å²) in [6.45, 7) is 9.42. The summed E-state index contributed by atoms with van der Waals surface area (Å²) in [6.07, 6.45) is 2.73. The summed E-state index contributed by atoms with van der Waals surface area (Å²) in [5.41, 5.74) is 0. The maximum absolute atomic E-state index is 3.33. The fourth-order valence-electron chi connectivity index (χ4n) is 1.39. The standard InChI is InChI=1S/C9H20N2/c1-3-11(4-2)7-5-6-9-8-10-9/h9-10H,3-8H2,1-2H3. The molecule has 1 aliphatic heterocycles. The van der Waals surface area contributed by atoms with Crippen molar-refractivity contribution < 1.29 is 0 Å². The van der Waals surface area contributed by atoms with Gasteiger partial charge in [0.2, 0.25) is 0 Å². The first-order valence-electron chi connectivity index (χ1n) is 4.82. The van der Waals surface area contributed by atoms with E-state index >= 15 is 0 Å². The number of hydrogen-bond acceptors (Lipinski definition) is 2. The Hall–Kier alpha value is -0.0800. The van der Waals surface area contributed by atoms with Gasteiger partial charge >= 0.3 is 0 Å². The van der Waals surface area contributed by atoms with Crippen LogP contribution >= 0.6 is 0 Å². The first-order valence-corrected chi connectivity index (χ1v) is 4.82. The highest BCUT2D eigenvalue weighted by Crippen LogP contribution is 2.06. The molecule has 1 unspecified atom stereocenters. The summed E-state index contributed by atoms with van der Waals surface area (Å²) in [4.78, 5) is 2.49. The molecule has 0 aromatic heterocycles. The molecule has 0 aromatic rings. The smallest absolute Gasteiger partial charge is 0.0193 e. The van der Waals surface area contributed by atoms with E-state index < -0.39 is 0 Å². The van der Waals surface area contributed by atoms with Gasteiger partial charge in [0.25, 0.3) is 0 Å². The van der Waals surface area contributed by atoms with Crippen molar-refractivity contribution >= 4 is 0 Å². The second-order valence-electron chi connectivity index (χ2n) is 3.27. The van der Waals surface area contributed by atoms with Crippen molar-refractivity contribution in [2.24, 2.45) is 0 Å². The van der Waals surface area contributed by atoms with E-state index in [0.29, 0.717) is 0 Å². The number of nitrogens with zero attached hydrogens (tertiary/aromatic N) is 1. The molecule has 0 amide bonds. The van der Waals surface area contributed by atoms with E-state index in [1.807, 2.05) is 0 Å². The highest BCUT2D eigenvalue weighted by Gasteiger charge is 2.18. The van der Waals surface area contributed by atoms with Gasteiger partial charge in [-0.25, -0.2) is 0 Å². The van der Waals surface area contributed by atoms with E-state index in [0.717, 1.165) is 6.04 Å². The van der Waals surface area contributed by atoms with Crippen LogP contribution in [0, 0.1) is 0 Å². The van der Waals surface area contributed by atoms with Gasteiger partial charge < -0.3 is 10.2 Å². The van der Waals surface area contributed by atoms with E-state index in [9.17, 15) is 0 Å². The van der Waals surface area contributed by atoms with E-state index in [1.54, 1.807) is 0 Å². The average Bonchev–Trinajstić information content (AvgIpc) is 2.82. The summed E-state index contributed by atoms with van der Waals surface area (Å²) >= 11 is 0. The Morgan fingerprint density at radius 3 is 2.45 bits per heavy atom. The van der Waals surface area contributed by atoms with Crippen LogP contribution in [0.5, 0.6) is 0 Å². The molecular formula is C9H20N2. The van der Waals surface area contributed by atoms with E-state index in [1.165, 1.54) is 39.0 Å². The molecule has 1 fully saturated rings. The molecule has 0 spiro atoms. The van der Waals surface area contributed by atoms with Crippen LogP contribution in [0.2, 0.25) is 0 Å². The van der Waals surface area contributed by atoms with Gasteiger partial charge in [-0.3, -0.25) is 0 Å². The first-order chi connectivity index (χ1) is 5.36. The fourth-order valence-corrected chi connectivity index (χ4v) is 1.39. The van der Waals surface area contributed by atoms with Crippen LogP contribution in [0.1, 0.15) is 26.7 Å². The van der Waals surface area contributed by atoms with Crippen molar-refractivity contribution in [1.29, 1.82) is 0 Å². The number of rotatable bonds is 6. The normalized spacial score (nSPS) is 22.6. The van der Waals surface area contributed by atoms with Crippen molar-refractivity contribution in [3.8, 4) is 0 Å². The largest absolute Gasteiger partial charge is 0.311 e. The Kier molecular flexibility index (Phi) is 3.87. The maximum Gasteiger partial charge on any atom is 0.0193 e. The Balaban J connectivity index is 1.90. The molecule has 1 N–H and O–H groups in total. The van der Waals surface area contributed by atoms with Crippen LogP contribution in [0.15, 0.2) is 0 Å². The molecule has 0 aliphatic carbocycles. The quantitative estimate of drug-likeness (QED) is 0.582. The van der Waals surface area contributed by atoms with Crippen LogP contribution < -0.4 is 5.32 Å². The Labute approximate surface area is 70.0 Å². The average molecular weight is 156 g/mol. The molecule has 2 nitrogen and oxygen atoms in total. The highest BCUT2D eigenvalue weighted by atomic mass is 15.1. The molecule has 2 heteroatoms. The molecule has 1 rings (SSSR count). The molecule has 0 bridgehead atoms. The molecule has 0 saturated carbocycles. The third-order valence-electron chi connectivity index (χ3n) is 2.41. The number of nitrogens with one attached hydrogen (secondary N) is 1. The zero-order valence-corrected chi connectivity index (χ0v) is 7.77. The molecule has 1 heterocycles. The van der Waals surface area contributed by atoms with Gasteiger partial charge in [-0.1, -0.05) is 13.8 Å². The summed E-state index contributed by atoms with van der Waals surface area (Å²) in [5.74, 6) is 0. The summed E-state index contributed by atoms with van der Waals surface area (Å²) < 4.78 is 0. The van der Waals surface area contributed by atoms with E-state index in [2.05, 4.69) is 24.1 Å². The predicted octanol–water partition coefficient (Wildman–Crippen LogP) is 1.08. The lowest BCUT2D eigenvalue weighted by atomic mass is 10.2. The molecule has 1 atom stereocenters. The minimum absolute atomic E-state index is 0.866. The molecule has 0 aromatic carbocycles. The molecule has 1 aliphatic rings. The van der Waals surface area contributed by atoms with Crippen LogP contribution in [-0.2, 0) is 0 Å². The minimum Gasteiger partial charge on any atom is -0.311 e. The molecule has 1 saturated heterocycles. The van der Waals surface area contributed by atoms with Gasteiger partial charge in [0, 0.05) is 12.6 Å². The Morgan fingerprint density at radius 1 is 1.36 bits per heavy atom. The highest BCUT2D eigenvalue weighted by molar-refractivity contribution is 4.82. The SMILES string of the molecule is CCN(CC)CCCC1CN1. The van der Waals surface area contributed by atoms with Crippen molar-refractivity contribution in [3.05, 3.63) is 0 Å². The summed E-state index contributed by atoms with van der Waals surface area (Å²) in [5, 5.41) is 3.33. The van der Waals surface area contributed by atoms with Crippen molar-refractivity contribution in [2.45, 2.75) is 32.7 Å². The van der Waals surface area contributed by atoms with Crippen LogP contribution in [0.4, 0.5) is 0 Å². The topological polar surface area (TPSA) is 25.2 Å². The Morgan fingerprint density at radius 2 is 2.00 bits per heavy atom. The van der Waals surface area contributed by atoms with Gasteiger partial charge in [0.1, 0.15) is 0 Å². The molecular weight excluding hydrogens is 136 g/mol. The van der Waals surface area contributed by atoms with Gasteiger partial charge in [-0.2, -0.15) is 0 Å². The first kappa shape index (κ1) is 9.01. The molecule has 0 radical (unpaired) electrons. The zero-order chi connectivity index (χ0) is 8.10. The van der Waals surface area contributed by atoms with Gasteiger partial charge in [-0.05, 0) is 32.5 Å². The van der Waals surface area contributed by atoms with Crippen molar-refractivity contribution in [1.82, 2.24) is 10.2 Å². The summed E-state index contributed by atoms with van der Waals surface area (Å²) in [6, 6.07) is 0.866. The lowest BCUT2D eigenvalue weighted by Gasteiger charge is -2.17. The van der Waals surface area contributed by atoms with Gasteiger partial charge in [-0.15, -0.1) is 0 Å². The van der Waals surface area contributed by atoms with Gasteiger partial charge in [0.15, 0.2) is 0 Å². The van der Waals surface area contributed by atoms with Crippen molar-refractivity contribution in [3.63, 3.8) is 0 Å². The molecule has 11 heavy (non-hydrogen) atoms. The summed E-state index contributed by atoms with van der Waals surface area (Å²) in [7, 11) is 0. The third-order valence-corrected chi connectivity index (χ3v) is 2.41. The van der Waals surface area contributed by atoms with Crippen LogP contribution in [-0.4, -0.2) is 37.1 Å². The minimum atomic E-state index is 0.866. The van der Waals surface area contributed by atoms with Crippen LogP contribution in [0.3, 0.4) is 0 Å². The van der Waals surface area contributed by atoms with Gasteiger partial charge in [0.05, 0.1) is 0 Å². The molecule has 66 valence electrons. The van der Waals surface area contributed by atoms with E-state index in [4.69, 9.17) is 0 Å². The van der Waals surface area contributed by atoms with Crippen molar-refractivity contribution in [2.75, 3.05) is 26.2 Å². The lowest BCUT2D eigenvalue weighted by Crippen LogP contribution is -2.24. The second kappa shape index (κ2) is 4.73. The monoisotopic (exact) mass is 156 g/mol.